The van der Waals surface area contributed by atoms with E-state index in [0.29, 0.717) is 6.04 Å². The molecule has 0 unspecified atom stereocenters. The summed E-state index contributed by atoms with van der Waals surface area (Å²) in [5, 5.41) is 6.92. The Labute approximate surface area is 244 Å². The third kappa shape index (κ3) is 10.7. The van der Waals surface area contributed by atoms with Crippen molar-refractivity contribution in [3.63, 3.8) is 0 Å². The highest BCUT2D eigenvalue weighted by atomic mass is 19.3. The van der Waals surface area contributed by atoms with Gasteiger partial charge in [0.25, 0.3) is 0 Å². The van der Waals surface area contributed by atoms with Gasteiger partial charge in [0.05, 0.1) is 11.7 Å². The highest BCUT2D eigenvalue weighted by Gasteiger charge is 2.37. The van der Waals surface area contributed by atoms with E-state index in [1.54, 1.807) is 0 Å². The summed E-state index contributed by atoms with van der Waals surface area (Å²) in [5.74, 6) is -3.05. The van der Waals surface area contributed by atoms with Crippen LogP contribution in [0.15, 0.2) is 54.7 Å². The number of amides is 1. The van der Waals surface area contributed by atoms with E-state index in [2.05, 4.69) is 31.5 Å². The summed E-state index contributed by atoms with van der Waals surface area (Å²) in [6.45, 7) is 7.32. The molecule has 2 atom stereocenters. The third-order valence-corrected chi connectivity index (χ3v) is 8.51. The number of hydrogen-bond acceptors (Lipinski definition) is 6. The second-order valence-corrected chi connectivity index (χ2v) is 11.7. The summed E-state index contributed by atoms with van der Waals surface area (Å²) in [6, 6.07) is 16.4. The highest BCUT2D eigenvalue weighted by Crippen LogP contribution is 2.36. The van der Waals surface area contributed by atoms with Crippen molar-refractivity contribution in [1.29, 1.82) is 0 Å². The van der Waals surface area contributed by atoms with Crippen LogP contribution in [0.4, 0.5) is 8.78 Å². The van der Waals surface area contributed by atoms with E-state index in [9.17, 15) is 13.6 Å². The predicted molar refractivity (Wildman–Crippen MR) is 159 cm³/mol. The first-order chi connectivity index (χ1) is 19.9. The number of piperazine rings is 1. The molecular formula is C32H48F2N6O. The number of unbranched alkanes of at least 4 members (excludes halogenated alkanes) is 1. The lowest BCUT2D eigenvalue weighted by Gasteiger charge is -2.36. The van der Waals surface area contributed by atoms with Crippen LogP contribution in [0.5, 0.6) is 0 Å². The number of carbonyl (C=O) groups excluding carboxylic acids is 1. The molecule has 9 heteroatoms. The number of aromatic nitrogens is 1. The van der Waals surface area contributed by atoms with Gasteiger partial charge in [0.1, 0.15) is 0 Å². The van der Waals surface area contributed by atoms with Gasteiger partial charge in [0, 0.05) is 70.3 Å². The lowest BCUT2D eigenvalue weighted by atomic mass is 9.86. The van der Waals surface area contributed by atoms with E-state index < -0.39 is 5.92 Å². The molecule has 0 radical (unpaired) electrons. The van der Waals surface area contributed by atoms with Crippen molar-refractivity contribution < 1.29 is 13.6 Å². The van der Waals surface area contributed by atoms with E-state index >= 15 is 0 Å². The van der Waals surface area contributed by atoms with Gasteiger partial charge in [0.15, 0.2) is 0 Å². The van der Waals surface area contributed by atoms with Gasteiger partial charge >= 0.3 is 0 Å². The Balaban J connectivity index is 1.28. The Bertz CT molecular complexity index is 1020. The minimum atomic E-state index is -2.63. The fourth-order valence-electron chi connectivity index (χ4n) is 6.01. The average Bonchev–Trinajstić information content (AvgIpc) is 2.99. The van der Waals surface area contributed by atoms with Gasteiger partial charge in [0.2, 0.25) is 11.8 Å². The molecule has 2 aliphatic rings. The van der Waals surface area contributed by atoms with Crippen LogP contribution in [0, 0.1) is 5.92 Å². The number of rotatable bonds is 15. The van der Waals surface area contributed by atoms with Crippen LogP contribution in [0.3, 0.4) is 0 Å². The van der Waals surface area contributed by atoms with Gasteiger partial charge in [-0.1, -0.05) is 36.4 Å². The Morgan fingerprint density at radius 3 is 2.63 bits per heavy atom. The molecule has 7 nitrogen and oxygen atoms in total. The van der Waals surface area contributed by atoms with Crippen LogP contribution in [0.1, 0.15) is 68.7 Å². The maximum absolute atomic E-state index is 13.6. The third-order valence-electron chi connectivity index (χ3n) is 8.51. The van der Waals surface area contributed by atoms with Gasteiger partial charge in [-0.05, 0) is 69.3 Å². The zero-order valence-electron chi connectivity index (χ0n) is 24.3. The minimum Gasteiger partial charge on any atom is -0.349 e. The Morgan fingerprint density at radius 1 is 1.12 bits per heavy atom. The SMILES string of the molecule is NCCCCN(CC[C@H]1CN(CC[C@H](NC(=O)C2CCC(F)(F)CC2)c2ccccc2)CCN1)Cc1ccccn1. The number of alkyl halides is 2. The number of nitrogens with one attached hydrogen (secondary N) is 2. The number of benzene rings is 1. The summed E-state index contributed by atoms with van der Waals surface area (Å²) in [4.78, 5) is 22.6. The first-order valence-corrected chi connectivity index (χ1v) is 15.4. The zero-order chi connectivity index (χ0) is 28.9. The number of nitrogens with two attached hydrogens (primary N) is 1. The lowest BCUT2D eigenvalue weighted by molar-refractivity contribution is -0.130. The quantitative estimate of drug-likeness (QED) is 0.276. The van der Waals surface area contributed by atoms with Crippen molar-refractivity contribution in [2.75, 3.05) is 45.8 Å². The monoisotopic (exact) mass is 570 g/mol. The molecule has 1 aliphatic carbocycles. The molecule has 0 spiro atoms. The Hall–Kier alpha value is -2.46. The van der Waals surface area contributed by atoms with E-state index in [-0.39, 0.29) is 43.6 Å². The first-order valence-electron chi connectivity index (χ1n) is 15.4. The molecule has 1 aromatic heterocycles. The topological polar surface area (TPSA) is 86.5 Å². The zero-order valence-corrected chi connectivity index (χ0v) is 24.3. The number of carbonyl (C=O) groups is 1. The van der Waals surface area contributed by atoms with E-state index in [0.717, 1.165) is 89.3 Å². The molecule has 2 aromatic rings. The highest BCUT2D eigenvalue weighted by molar-refractivity contribution is 5.79. The predicted octanol–water partition coefficient (Wildman–Crippen LogP) is 4.36. The molecule has 2 fully saturated rings. The summed E-state index contributed by atoms with van der Waals surface area (Å²) < 4.78 is 27.3. The molecule has 41 heavy (non-hydrogen) atoms. The summed E-state index contributed by atoms with van der Waals surface area (Å²) in [6.07, 6.45) is 5.92. The molecule has 226 valence electrons. The van der Waals surface area contributed by atoms with Gasteiger partial charge in [-0.15, -0.1) is 0 Å². The van der Waals surface area contributed by atoms with Crippen LogP contribution in [-0.4, -0.2) is 78.5 Å². The smallest absolute Gasteiger partial charge is 0.248 e. The second kappa shape index (κ2) is 16.2. The van der Waals surface area contributed by atoms with Crippen molar-refractivity contribution in [2.45, 2.75) is 75.9 Å². The minimum absolute atomic E-state index is 0.0878. The van der Waals surface area contributed by atoms with Gasteiger partial charge in [-0.25, -0.2) is 8.78 Å². The lowest BCUT2D eigenvalue weighted by Crippen LogP contribution is -2.52. The van der Waals surface area contributed by atoms with Crippen molar-refractivity contribution >= 4 is 5.91 Å². The van der Waals surface area contributed by atoms with Crippen LogP contribution < -0.4 is 16.4 Å². The molecule has 0 bridgehead atoms. The van der Waals surface area contributed by atoms with Gasteiger partial charge < -0.3 is 21.3 Å². The fraction of sp³-hybridized carbons (Fsp3) is 0.625. The molecule has 2 heterocycles. The number of hydrogen-bond donors (Lipinski definition) is 3. The standard InChI is InChI=1S/C32H48F2N6O/c33-32(34)15-11-27(12-16-32)31(41)38-30(26-8-2-1-3-9-26)14-22-40-23-19-37-29(25-40)13-21-39(20-7-5-17-35)24-28-10-4-6-18-36-28/h1-4,6,8-10,18,27,29-30,37H,5,7,11-17,19-25,35H2,(H,38,41)/t29-,30-/m0/s1. The van der Waals surface area contributed by atoms with Crippen LogP contribution >= 0.6 is 0 Å². The van der Waals surface area contributed by atoms with E-state index in [1.165, 1.54) is 0 Å². The van der Waals surface area contributed by atoms with Crippen molar-refractivity contribution in [3.8, 4) is 0 Å². The van der Waals surface area contributed by atoms with Crippen LogP contribution in [0.2, 0.25) is 0 Å². The van der Waals surface area contributed by atoms with Crippen molar-refractivity contribution in [3.05, 3.63) is 66.0 Å². The second-order valence-electron chi connectivity index (χ2n) is 11.7. The maximum Gasteiger partial charge on any atom is 0.248 e. The van der Waals surface area contributed by atoms with Crippen LogP contribution in [0.25, 0.3) is 0 Å². The summed E-state index contributed by atoms with van der Waals surface area (Å²) in [7, 11) is 0. The van der Waals surface area contributed by atoms with E-state index in [4.69, 9.17) is 5.73 Å². The number of nitrogens with zero attached hydrogens (tertiary/aromatic N) is 3. The molecule has 4 N–H and O–H groups in total. The normalized spacial score (nSPS) is 20.6. The van der Waals surface area contributed by atoms with Gasteiger partial charge in [-0.2, -0.15) is 0 Å². The summed E-state index contributed by atoms with van der Waals surface area (Å²) in [5.41, 5.74) is 7.90. The first kappa shape index (κ1) is 31.5. The number of pyridine rings is 1. The largest absolute Gasteiger partial charge is 0.349 e. The fourth-order valence-corrected chi connectivity index (χ4v) is 6.01. The molecule has 1 saturated carbocycles. The molecule has 1 saturated heterocycles. The number of halogens is 2. The van der Waals surface area contributed by atoms with Gasteiger partial charge in [-0.3, -0.25) is 14.7 Å². The average molecular weight is 571 g/mol. The maximum atomic E-state index is 13.6. The molecule has 4 rings (SSSR count). The molecular weight excluding hydrogens is 522 g/mol. The van der Waals surface area contributed by atoms with Crippen molar-refractivity contribution in [2.24, 2.45) is 11.7 Å². The van der Waals surface area contributed by atoms with Crippen molar-refractivity contribution in [1.82, 2.24) is 25.4 Å². The molecule has 1 amide bonds. The van der Waals surface area contributed by atoms with Crippen LogP contribution in [-0.2, 0) is 11.3 Å². The Morgan fingerprint density at radius 2 is 1.90 bits per heavy atom. The summed E-state index contributed by atoms with van der Waals surface area (Å²) >= 11 is 0. The molecule has 1 aromatic carbocycles. The molecule has 1 aliphatic heterocycles. The van der Waals surface area contributed by atoms with E-state index in [1.807, 2.05) is 48.7 Å². The Kier molecular flexibility index (Phi) is 12.5.